The Morgan fingerprint density at radius 2 is 1.41 bits per heavy atom. The van der Waals surface area contributed by atoms with Gasteiger partial charge in [-0.25, -0.2) is 0 Å². The molecule has 0 amide bonds. The van der Waals surface area contributed by atoms with Crippen molar-refractivity contribution >= 4 is 17.5 Å². The number of nitrogens with zero attached hydrogens (tertiary/aromatic N) is 2. The van der Waals surface area contributed by atoms with Gasteiger partial charge in [-0.1, -0.05) is 109 Å². The zero-order valence-electron chi connectivity index (χ0n) is 24.4. The first-order valence-electron chi connectivity index (χ1n) is 15.4. The van der Waals surface area contributed by atoms with Crippen molar-refractivity contribution in [2.24, 2.45) is 0 Å². The fourth-order valence-electron chi connectivity index (χ4n) is 6.46. The van der Waals surface area contributed by atoms with Crippen molar-refractivity contribution < 1.29 is 9.66 Å². The van der Waals surface area contributed by atoms with Gasteiger partial charge in [-0.2, -0.15) is 0 Å². The number of benzene rings is 2. The molecular weight excluding hydrogens is 484 g/mol. The largest absolute Gasteiger partial charge is 0.463 e. The van der Waals surface area contributed by atoms with E-state index >= 15 is 0 Å². The molecule has 5 nitrogen and oxygen atoms in total. The molecule has 2 aromatic rings. The van der Waals surface area contributed by atoms with E-state index in [2.05, 4.69) is 56.0 Å². The Kier molecular flexibility index (Phi) is 10.1. The summed E-state index contributed by atoms with van der Waals surface area (Å²) < 4.78 is 6.81. The second-order valence-electron chi connectivity index (χ2n) is 12.0. The molecule has 0 N–H and O–H groups in total. The lowest BCUT2D eigenvalue weighted by molar-refractivity contribution is -0.384. The third kappa shape index (κ3) is 6.50. The van der Waals surface area contributed by atoms with E-state index in [-0.39, 0.29) is 16.0 Å². The van der Waals surface area contributed by atoms with E-state index in [0.717, 1.165) is 18.5 Å². The van der Waals surface area contributed by atoms with Crippen LogP contribution in [0.1, 0.15) is 122 Å². The van der Waals surface area contributed by atoms with Crippen LogP contribution in [-0.2, 0) is 5.41 Å². The van der Waals surface area contributed by atoms with Gasteiger partial charge in [0.15, 0.2) is 0 Å². The highest BCUT2D eigenvalue weighted by Gasteiger charge is 2.58. The van der Waals surface area contributed by atoms with Gasteiger partial charge in [-0.3, -0.25) is 10.1 Å². The lowest BCUT2D eigenvalue weighted by atomic mass is 9.76. The summed E-state index contributed by atoms with van der Waals surface area (Å²) in [6, 6.07) is 13.5. The van der Waals surface area contributed by atoms with E-state index in [1.807, 2.05) is 6.08 Å². The van der Waals surface area contributed by atoms with E-state index in [4.69, 9.17) is 4.74 Å². The summed E-state index contributed by atoms with van der Waals surface area (Å²) >= 11 is 0. The number of hydrogen-bond donors (Lipinski definition) is 0. The van der Waals surface area contributed by atoms with Gasteiger partial charge in [0.25, 0.3) is 5.69 Å². The quantitative estimate of drug-likeness (QED) is 0.123. The minimum atomic E-state index is -0.656. The van der Waals surface area contributed by atoms with E-state index in [1.165, 1.54) is 94.7 Å². The number of para-hydroxylation sites is 1. The van der Waals surface area contributed by atoms with Gasteiger partial charge in [0.2, 0.25) is 5.72 Å². The second-order valence-corrected chi connectivity index (χ2v) is 12.0. The van der Waals surface area contributed by atoms with Crippen molar-refractivity contribution in [1.82, 2.24) is 0 Å². The Labute approximate surface area is 235 Å². The van der Waals surface area contributed by atoms with Crippen LogP contribution in [0.5, 0.6) is 5.75 Å². The van der Waals surface area contributed by atoms with Crippen molar-refractivity contribution in [1.29, 1.82) is 0 Å². The monoisotopic (exact) mass is 532 g/mol. The molecule has 5 heteroatoms. The molecule has 0 saturated carbocycles. The third-order valence-electron chi connectivity index (χ3n) is 8.86. The maximum Gasteiger partial charge on any atom is 0.270 e. The summed E-state index contributed by atoms with van der Waals surface area (Å²) in [6.45, 7) is 7.70. The SMILES string of the molecule is CCCCCCCCCCCCCCCCN1c2ccccc2C(C)(C)C12C=Cc1cc([N+](=O)[O-])ccc1O2. The average molecular weight is 533 g/mol. The number of ether oxygens (including phenoxy) is 1. The first-order valence-corrected chi connectivity index (χ1v) is 15.4. The topological polar surface area (TPSA) is 55.6 Å². The fraction of sp³-hybridized carbons (Fsp3) is 0.588. The molecule has 1 spiro atoms. The highest BCUT2D eigenvalue weighted by molar-refractivity contribution is 5.73. The number of fused-ring (bicyclic) bond motifs is 2. The fourth-order valence-corrected chi connectivity index (χ4v) is 6.46. The van der Waals surface area contributed by atoms with Crippen LogP contribution in [0.4, 0.5) is 11.4 Å². The molecule has 1 atom stereocenters. The molecule has 0 fully saturated rings. The number of nitro benzene ring substituents is 1. The lowest BCUT2D eigenvalue weighted by Crippen LogP contribution is -2.59. The van der Waals surface area contributed by atoms with Crippen LogP contribution in [0.25, 0.3) is 6.08 Å². The van der Waals surface area contributed by atoms with Crippen molar-refractivity contribution in [3.63, 3.8) is 0 Å². The molecule has 2 aromatic carbocycles. The number of anilines is 1. The Morgan fingerprint density at radius 1 is 0.821 bits per heavy atom. The summed E-state index contributed by atoms with van der Waals surface area (Å²) in [4.78, 5) is 13.4. The minimum absolute atomic E-state index is 0.0891. The van der Waals surface area contributed by atoms with Crippen LogP contribution in [0.2, 0.25) is 0 Å². The summed E-state index contributed by atoms with van der Waals surface area (Å²) in [5, 5.41) is 11.3. The van der Waals surface area contributed by atoms with Gasteiger partial charge in [0.1, 0.15) is 5.75 Å². The summed E-state index contributed by atoms with van der Waals surface area (Å²) in [5.74, 6) is 0.704. The smallest absolute Gasteiger partial charge is 0.270 e. The third-order valence-corrected chi connectivity index (χ3v) is 8.86. The van der Waals surface area contributed by atoms with Crippen molar-refractivity contribution in [3.05, 3.63) is 69.8 Å². The molecule has 2 heterocycles. The first kappa shape index (κ1) is 29.2. The van der Waals surface area contributed by atoms with E-state index in [0.29, 0.717) is 5.75 Å². The van der Waals surface area contributed by atoms with Gasteiger partial charge in [-0.05, 0) is 50.1 Å². The Morgan fingerprint density at radius 3 is 2.03 bits per heavy atom. The maximum absolute atomic E-state index is 11.3. The molecule has 4 rings (SSSR count). The number of nitro groups is 1. The lowest BCUT2D eigenvalue weighted by Gasteiger charge is -2.47. The van der Waals surface area contributed by atoms with Gasteiger partial charge >= 0.3 is 0 Å². The van der Waals surface area contributed by atoms with E-state index in [1.54, 1.807) is 18.2 Å². The Bertz CT molecular complexity index is 1130. The molecule has 0 aromatic heterocycles. The zero-order chi connectivity index (χ0) is 27.7. The van der Waals surface area contributed by atoms with Crippen LogP contribution >= 0.6 is 0 Å². The summed E-state index contributed by atoms with van der Waals surface area (Å²) in [5.41, 5.74) is 2.42. The zero-order valence-corrected chi connectivity index (χ0v) is 24.4. The highest BCUT2D eigenvalue weighted by atomic mass is 16.6. The molecule has 0 aliphatic carbocycles. The molecule has 0 radical (unpaired) electrons. The molecular formula is C34H48N2O3. The van der Waals surface area contributed by atoms with Crippen LogP contribution < -0.4 is 9.64 Å². The Balaban J connectivity index is 1.29. The van der Waals surface area contributed by atoms with Crippen LogP contribution in [-0.4, -0.2) is 17.2 Å². The maximum atomic E-state index is 11.3. The van der Waals surface area contributed by atoms with E-state index < -0.39 is 5.72 Å². The van der Waals surface area contributed by atoms with Crippen molar-refractivity contribution in [3.8, 4) is 5.75 Å². The second kappa shape index (κ2) is 13.5. The number of unbranched alkanes of at least 4 members (excludes halogenated alkanes) is 13. The number of rotatable bonds is 16. The molecule has 2 aliphatic rings. The molecule has 0 saturated heterocycles. The minimum Gasteiger partial charge on any atom is -0.463 e. The molecule has 1 unspecified atom stereocenters. The van der Waals surface area contributed by atoms with Gasteiger partial charge in [-0.15, -0.1) is 0 Å². The normalized spacial score (nSPS) is 18.7. The van der Waals surface area contributed by atoms with Crippen LogP contribution in [0, 0.1) is 10.1 Å². The predicted molar refractivity (Wildman–Crippen MR) is 163 cm³/mol. The molecule has 2 aliphatic heterocycles. The van der Waals surface area contributed by atoms with Gasteiger partial charge in [0.05, 0.1) is 10.3 Å². The van der Waals surface area contributed by atoms with Crippen molar-refractivity contribution in [2.75, 3.05) is 11.4 Å². The van der Waals surface area contributed by atoms with E-state index in [9.17, 15) is 10.1 Å². The van der Waals surface area contributed by atoms with Crippen LogP contribution in [0.15, 0.2) is 48.5 Å². The molecule has 212 valence electrons. The summed E-state index contributed by atoms with van der Waals surface area (Å²) in [7, 11) is 0. The molecule has 0 bridgehead atoms. The van der Waals surface area contributed by atoms with Crippen LogP contribution in [0.3, 0.4) is 0 Å². The summed E-state index contributed by atoms with van der Waals surface area (Å²) in [6.07, 6.45) is 23.0. The number of non-ortho nitro benzene ring substituents is 1. The average Bonchev–Trinajstić information content (AvgIpc) is 3.11. The first-order chi connectivity index (χ1) is 18.9. The van der Waals surface area contributed by atoms with Gasteiger partial charge < -0.3 is 9.64 Å². The standard InChI is InChI=1S/C34H48N2O3/c1-4-5-6-7-8-9-10-11-12-13-14-15-16-19-26-35-31-21-18-17-20-30(31)33(2,3)34(35)25-24-28-27-29(36(37)38)22-23-32(28)39-34/h17-18,20-25,27H,4-16,19,26H2,1-3H3. The predicted octanol–water partition coefficient (Wildman–Crippen LogP) is 9.98. The van der Waals surface area contributed by atoms with Gasteiger partial charge in [0, 0.05) is 29.9 Å². The Hall–Kier alpha value is -2.82. The van der Waals surface area contributed by atoms with Crippen molar-refractivity contribution in [2.45, 2.75) is 122 Å². The highest BCUT2D eigenvalue weighted by Crippen LogP contribution is 2.55. The number of hydrogen-bond acceptors (Lipinski definition) is 4. The molecule has 39 heavy (non-hydrogen) atoms.